The number of rotatable bonds is 6. The van der Waals surface area contributed by atoms with Gasteiger partial charge in [0.25, 0.3) is 0 Å². The molecule has 1 aromatic rings. The summed E-state index contributed by atoms with van der Waals surface area (Å²) in [4.78, 5) is 17.3. The van der Waals surface area contributed by atoms with Crippen LogP contribution in [0.2, 0.25) is 18.1 Å². The molecule has 1 fully saturated rings. The number of hydrogen-bond donors (Lipinski definition) is 1. The number of carbonyl (C=O) groups is 1. The van der Waals surface area contributed by atoms with Crippen molar-refractivity contribution in [1.82, 2.24) is 5.06 Å². The summed E-state index contributed by atoms with van der Waals surface area (Å²) in [5.41, 5.74) is 7.21. The van der Waals surface area contributed by atoms with Gasteiger partial charge in [-0.1, -0.05) is 51.1 Å². The number of nitrogens with zero attached hydrogens (tertiary/aromatic N) is 1. The first kappa shape index (κ1) is 21.9. The fraction of sp³-hybridized carbons (Fsp3) is 0.650. The average Bonchev–Trinajstić information content (AvgIpc) is 2.60. The predicted octanol–water partition coefficient (Wildman–Crippen LogP) is 3.93. The highest BCUT2D eigenvalue weighted by molar-refractivity contribution is 6.74. The standard InChI is InChI=1S/C20H34N2O4Si/c1-20(2,3)27(4,5)25-15-17-13-22(12-11-18(17)21)26-19(23)24-14-16-9-7-6-8-10-16/h6-10,17-18H,11-15,21H2,1-5H3. The topological polar surface area (TPSA) is 74.0 Å². The minimum Gasteiger partial charge on any atom is -0.428 e. The van der Waals surface area contributed by atoms with Crippen molar-refractivity contribution in [1.29, 1.82) is 0 Å². The summed E-state index contributed by atoms with van der Waals surface area (Å²) >= 11 is 0. The molecule has 152 valence electrons. The van der Waals surface area contributed by atoms with Crippen LogP contribution >= 0.6 is 0 Å². The maximum absolute atomic E-state index is 12.0. The van der Waals surface area contributed by atoms with Crippen molar-refractivity contribution in [2.24, 2.45) is 11.7 Å². The molecule has 7 heteroatoms. The molecule has 1 aliphatic heterocycles. The quantitative estimate of drug-likeness (QED) is 0.582. The van der Waals surface area contributed by atoms with Crippen LogP contribution in [0.1, 0.15) is 32.8 Å². The maximum Gasteiger partial charge on any atom is 0.528 e. The van der Waals surface area contributed by atoms with Crippen molar-refractivity contribution in [3.05, 3.63) is 35.9 Å². The zero-order valence-electron chi connectivity index (χ0n) is 17.2. The number of carbonyl (C=O) groups excluding carboxylic acids is 1. The Balaban J connectivity index is 1.80. The lowest BCUT2D eigenvalue weighted by molar-refractivity contribution is -0.153. The summed E-state index contributed by atoms with van der Waals surface area (Å²) < 4.78 is 11.5. The van der Waals surface area contributed by atoms with Gasteiger partial charge in [-0.2, -0.15) is 0 Å². The molecule has 0 bridgehead atoms. The van der Waals surface area contributed by atoms with Crippen molar-refractivity contribution in [2.75, 3.05) is 19.7 Å². The van der Waals surface area contributed by atoms with Crippen LogP contribution in [0.25, 0.3) is 0 Å². The number of piperidine rings is 1. The van der Waals surface area contributed by atoms with E-state index in [0.717, 1.165) is 12.0 Å². The summed E-state index contributed by atoms with van der Waals surface area (Å²) in [6, 6.07) is 9.59. The SMILES string of the molecule is CC(C)(C)[Si](C)(C)OCC1CN(OC(=O)OCc2ccccc2)CCC1N. The zero-order chi connectivity index (χ0) is 20.1. The first-order valence-electron chi connectivity index (χ1n) is 9.61. The van der Waals surface area contributed by atoms with E-state index in [1.807, 2.05) is 30.3 Å². The Bertz CT molecular complexity index is 604. The molecule has 6 nitrogen and oxygen atoms in total. The lowest BCUT2D eigenvalue weighted by atomic mass is 9.95. The fourth-order valence-electron chi connectivity index (χ4n) is 2.66. The minimum atomic E-state index is -1.83. The normalized spacial score (nSPS) is 21.7. The highest BCUT2D eigenvalue weighted by atomic mass is 28.4. The van der Waals surface area contributed by atoms with Gasteiger partial charge in [-0.25, -0.2) is 4.79 Å². The second-order valence-electron chi connectivity index (χ2n) is 8.79. The van der Waals surface area contributed by atoms with Crippen molar-refractivity contribution < 1.29 is 18.8 Å². The van der Waals surface area contributed by atoms with Crippen molar-refractivity contribution in [2.45, 2.75) is 58.0 Å². The molecule has 0 amide bonds. The van der Waals surface area contributed by atoms with Crippen LogP contribution in [-0.2, 0) is 20.6 Å². The molecular weight excluding hydrogens is 360 g/mol. The summed E-state index contributed by atoms with van der Waals surface area (Å²) in [6.45, 7) is 13.1. The molecule has 0 aliphatic carbocycles. The number of benzene rings is 1. The third-order valence-electron chi connectivity index (χ3n) is 5.62. The predicted molar refractivity (Wildman–Crippen MR) is 109 cm³/mol. The van der Waals surface area contributed by atoms with E-state index in [-0.39, 0.29) is 23.6 Å². The van der Waals surface area contributed by atoms with Gasteiger partial charge in [0.1, 0.15) is 6.61 Å². The van der Waals surface area contributed by atoms with Crippen LogP contribution in [-0.4, -0.2) is 45.3 Å². The third-order valence-corrected chi connectivity index (χ3v) is 10.1. The van der Waals surface area contributed by atoms with Gasteiger partial charge in [-0.05, 0) is 30.1 Å². The molecule has 27 heavy (non-hydrogen) atoms. The summed E-state index contributed by atoms with van der Waals surface area (Å²) in [6.07, 6.45) is 0.0794. The lowest BCUT2D eigenvalue weighted by Crippen LogP contribution is -2.51. The minimum absolute atomic E-state index is 0.0509. The molecule has 0 saturated carbocycles. The molecule has 1 aliphatic rings. The molecule has 0 spiro atoms. The van der Waals surface area contributed by atoms with Crippen molar-refractivity contribution in [3.8, 4) is 0 Å². The highest BCUT2D eigenvalue weighted by Gasteiger charge is 2.39. The van der Waals surface area contributed by atoms with Crippen molar-refractivity contribution >= 4 is 14.5 Å². The molecule has 2 atom stereocenters. The van der Waals surface area contributed by atoms with E-state index in [1.165, 1.54) is 0 Å². The number of nitrogens with two attached hydrogens (primary N) is 1. The van der Waals surface area contributed by atoms with Gasteiger partial charge >= 0.3 is 6.16 Å². The molecule has 0 aromatic heterocycles. The molecule has 1 heterocycles. The summed E-state index contributed by atoms with van der Waals surface area (Å²) in [5.74, 6) is 0.134. The molecular formula is C20H34N2O4Si. The van der Waals surface area contributed by atoms with Crippen LogP contribution in [0.3, 0.4) is 0 Å². The number of ether oxygens (including phenoxy) is 1. The Morgan fingerprint density at radius 2 is 1.93 bits per heavy atom. The van der Waals surface area contributed by atoms with Gasteiger partial charge in [0, 0.05) is 31.7 Å². The highest BCUT2D eigenvalue weighted by Crippen LogP contribution is 2.37. The molecule has 1 saturated heterocycles. The van der Waals surface area contributed by atoms with E-state index < -0.39 is 14.5 Å². The maximum atomic E-state index is 12.0. The van der Waals surface area contributed by atoms with Crippen LogP contribution in [0.4, 0.5) is 4.79 Å². The van der Waals surface area contributed by atoms with Gasteiger partial charge < -0.3 is 19.7 Å². The second kappa shape index (κ2) is 9.19. The fourth-order valence-corrected chi connectivity index (χ4v) is 3.72. The molecule has 0 radical (unpaired) electrons. The largest absolute Gasteiger partial charge is 0.528 e. The molecule has 1 aromatic carbocycles. The van der Waals surface area contributed by atoms with E-state index in [4.69, 9.17) is 19.7 Å². The Labute approximate surface area is 164 Å². The first-order chi connectivity index (χ1) is 12.6. The molecule has 2 N–H and O–H groups in total. The Morgan fingerprint density at radius 1 is 1.26 bits per heavy atom. The van der Waals surface area contributed by atoms with E-state index in [0.29, 0.717) is 19.7 Å². The third kappa shape index (κ3) is 6.60. The van der Waals surface area contributed by atoms with Crippen LogP contribution < -0.4 is 5.73 Å². The Morgan fingerprint density at radius 3 is 2.56 bits per heavy atom. The van der Waals surface area contributed by atoms with Gasteiger partial charge in [-0.15, -0.1) is 5.06 Å². The van der Waals surface area contributed by atoms with E-state index in [1.54, 1.807) is 5.06 Å². The lowest BCUT2D eigenvalue weighted by Gasteiger charge is -2.40. The van der Waals surface area contributed by atoms with E-state index in [2.05, 4.69) is 33.9 Å². The molecule has 2 unspecified atom stereocenters. The van der Waals surface area contributed by atoms with Gasteiger partial charge in [0.05, 0.1) is 0 Å². The van der Waals surface area contributed by atoms with E-state index >= 15 is 0 Å². The first-order valence-corrected chi connectivity index (χ1v) is 12.5. The smallest absolute Gasteiger partial charge is 0.428 e. The zero-order valence-corrected chi connectivity index (χ0v) is 18.2. The second-order valence-corrected chi connectivity index (χ2v) is 13.6. The van der Waals surface area contributed by atoms with Gasteiger partial charge in [0.15, 0.2) is 8.32 Å². The summed E-state index contributed by atoms with van der Waals surface area (Å²) in [5, 5.41) is 1.81. The van der Waals surface area contributed by atoms with E-state index in [9.17, 15) is 4.79 Å². The van der Waals surface area contributed by atoms with Crippen LogP contribution in [0.5, 0.6) is 0 Å². The number of hydrogen-bond acceptors (Lipinski definition) is 6. The monoisotopic (exact) mass is 394 g/mol. The Kier molecular flexibility index (Phi) is 7.45. The molecule has 2 rings (SSSR count). The number of hydroxylamine groups is 2. The van der Waals surface area contributed by atoms with Crippen LogP contribution in [0.15, 0.2) is 30.3 Å². The summed E-state index contributed by atoms with van der Waals surface area (Å²) in [7, 11) is -1.83. The van der Waals surface area contributed by atoms with Gasteiger partial charge in [0.2, 0.25) is 0 Å². The van der Waals surface area contributed by atoms with Crippen LogP contribution in [0, 0.1) is 5.92 Å². The Hall–Kier alpha value is -1.41. The van der Waals surface area contributed by atoms with Gasteiger partial charge in [-0.3, -0.25) is 0 Å². The van der Waals surface area contributed by atoms with Crippen molar-refractivity contribution in [3.63, 3.8) is 0 Å². The average molecular weight is 395 g/mol.